The molecule has 4 saturated carbocycles. The molecular formula is C18H23NO2. The summed E-state index contributed by atoms with van der Waals surface area (Å²) in [5.74, 6) is 3.53. The molecule has 3 nitrogen and oxygen atoms in total. The van der Waals surface area contributed by atoms with Crippen molar-refractivity contribution in [2.75, 3.05) is 6.54 Å². The summed E-state index contributed by atoms with van der Waals surface area (Å²) in [5.41, 5.74) is 0.406. The van der Waals surface area contributed by atoms with Crippen LogP contribution in [-0.4, -0.2) is 12.5 Å². The van der Waals surface area contributed by atoms with Crippen LogP contribution in [0.1, 0.15) is 44.3 Å². The molecule has 0 aromatic carbocycles. The Morgan fingerprint density at radius 1 is 1.24 bits per heavy atom. The maximum absolute atomic E-state index is 12.0. The predicted octanol–water partition coefficient (Wildman–Crippen LogP) is 3.63. The molecule has 1 aromatic rings. The van der Waals surface area contributed by atoms with E-state index in [4.69, 9.17) is 4.42 Å². The van der Waals surface area contributed by atoms with Crippen molar-refractivity contribution >= 4 is 12.0 Å². The molecule has 1 N–H and O–H groups in total. The number of carbonyl (C=O) groups is 1. The van der Waals surface area contributed by atoms with Gasteiger partial charge < -0.3 is 9.73 Å². The Morgan fingerprint density at radius 2 is 1.90 bits per heavy atom. The summed E-state index contributed by atoms with van der Waals surface area (Å²) in [5, 5.41) is 3.13. The molecule has 4 fully saturated rings. The van der Waals surface area contributed by atoms with E-state index in [2.05, 4.69) is 5.32 Å². The lowest BCUT2D eigenvalue weighted by Gasteiger charge is -2.56. The molecule has 4 aliphatic carbocycles. The van der Waals surface area contributed by atoms with Gasteiger partial charge in [0.1, 0.15) is 5.76 Å². The first-order chi connectivity index (χ1) is 10.2. The minimum Gasteiger partial charge on any atom is -0.465 e. The fourth-order valence-electron chi connectivity index (χ4n) is 5.38. The van der Waals surface area contributed by atoms with Gasteiger partial charge in [0.15, 0.2) is 0 Å². The van der Waals surface area contributed by atoms with Crippen LogP contribution in [0.3, 0.4) is 0 Å². The van der Waals surface area contributed by atoms with Crippen molar-refractivity contribution in [3.63, 3.8) is 0 Å². The zero-order valence-corrected chi connectivity index (χ0v) is 12.4. The lowest BCUT2D eigenvalue weighted by molar-refractivity contribution is -0.118. The van der Waals surface area contributed by atoms with Gasteiger partial charge in [-0.2, -0.15) is 0 Å². The molecule has 1 aromatic heterocycles. The molecule has 0 aliphatic heterocycles. The number of nitrogens with one attached hydrogen (secondary N) is 1. The van der Waals surface area contributed by atoms with Crippen molar-refractivity contribution < 1.29 is 9.21 Å². The highest BCUT2D eigenvalue weighted by Gasteiger charge is 2.50. The zero-order valence-electron chi connectivity index (χ0n) is 12.4. The summed E-state index contributed by atoms with van der Waals surface area (Å²) in [4.78, 5) is 12.0. The predicted molar refractivity (Wildman–Crippen MR) is 81.4 cm³/mol. The highest BCUT2D eigenvalue weighted by Crippen LogP contribution is 2.59. The molecule has 3 heteroatoms. The van der Waals surface area contributed by atoms with Crippen molar-refractivity contribution in [2.45, 2.75) is 38.5 Å². The van der Waals surface area contributed by atoms with Crippen molar-refractivity contribution in [1.82, 2.24) is 5.32 Å². The molecule has 5 rings (SSSR count). The summed E-state index contributed by atoms with van der Waals surface area (Å²) in [6.07, 6.45) is 13.3. The van der Waals surface area contributed by atoms with Crippen molar-refractivity contribution in [3.05, 3.63) is 30.2 Å². The number of carbonyl (C=O) groups excluding carboxylic acids is 1. The zero-order chi connectivity index (χ0) is 14.3. The monoisotopic (exact) mass is 285 g/mol. The minimum atomic E-state index is 0.00199. The number of amides is 1. The smallest absolute Gasteiger partial charge is 0.244 e. The van der Waals surface area contributed by atoms with Crippen LogP contribution in [0.5, 0.6) is 0 Å². The first-order valence-electron chi connectivity index (χ1n) is 8.20. The summed E-state index contributed by atoms with van der Waals surface area (Å²) in [6, 6.07) is 3.68. The summed E-state index contributed by atoms with van der Waals surface area (Å²) >= 11 is 0. The van der Waals surface area contributed by atoms with Crippen LogP contribution in [0, 0.1) is 23.2 Å². The first-order valence-corrected chi connectivity index (χ1v) is 8.20. The van der Waals surface area contributed by atoms with Gasteiger partial charge in [-0.25, -0.2) is 0 Å². The molecule has 1 amide bonds. The van der Waals surface area contributed by atoms with Gasteiger partial charge in [0, 0.05) is 12.6 Å². The van der Waals surface area contributed by atoms with Crippen LogP contribution in [0.4, 0.5) is 0 Å². The largest absolute Gasteiger partial charge is 0.465 e. The average Bonchev–Trinajstić information content (AvgIpc) is 2.95. The maximum Gasteiger partial charge on any atom is 0.244 e. The normalized spacial score (nSPS) is 37.2. The van der Waals surface area contributed by atoms with E-state index in [0.717, 1.165) is 30.1 Å². The highest BCUT2D eigenvalue weighted by molar-refractivity contribution is 5.91. The Balaban J connectivity index is 1.35. The summed E-state index contributed by atoms with van der Waals surface area (Å²) in [6.45, 7) is 0.859. The molecule has 21 heavy (non-hydrogen) atoms. The van der Waals surface area contributed by atoms with E-state index in [1.54, 1.807) is 18.4 Å². The Morgan fingerprint density at radius 3 is 2.48 bits per heavy atom. The van der Waals surface area contributed by atoms with E-state index < -0.39 is 0 Å². The molecule has 0 spiro atoms. The molecular weight excluding hydrogens is 262 g/mol. The summed E-state index contributed by atoms with van der Waals surface area (Å²) < 4.78 is 5.20. The fraction of sp³-hybridized carbons (Fsp3) is 0.611. The number of hydrogen-bond acceptors (Lipinski definition) is 2. The lowest BCUT2D eigenvalue weighted by atomic mass is 9.49. The second kappa shape index (κ2) is 5.04. The van der Waals surface area contributed by atoms with Crippen LogP contribution in [-0.2, 0) is 4.79 Å². The minimum absolute atomic E-state index is 0.00199. The average molecular weight is 285 g/mol. The van der Waals surface area contributed by atoms with E-state index in [0.29, 0.717) is 5.41 Å². The number of hydrogen-bond donors (Lipinski definition) is 1. The molecule has 1 heterocycles. The number of rotatable bonds is 4. The first kappa shape index (κ1) is 13.2. The van der Waals surface area contributed by atoms with Gasteiger partial charge in [0.25, 0.3) is 0 Å². The Labute approximate surface area is 125 Å². The van der Waals surface area contributed by atoms with Crippen LogP contribution >= 0.6 is 0 Å². The van der Waals surface area contributed by atoms with Crippen LogP contribution in [0.15, 0.2) is 28.9 Å². The van der Waals surface area contributed by atoms with Gasteiger partial charge in [0.2, 0.25) is 5.91 Å². The van der Waals surface area contributed by atoms with Gasteiger partial charge in [-0.1, -0.05) is 0 Å². The van der Waals surface area contributed by atoms with E-state index >= 15 is 0 Å². The standard InChI is InChI=1S/C18H23NO2/c20-17(4-3-16-2-1-5-21-16)19-12-18-9-13-6-14(10-18)8-15(7-13)11-18/h1-5,13-15H,6-12H2,(H,19,20). The molecule has 0 radical (unpaired) electrons. The van der Waals surface area contributed by atoms with Crippen LogP contribution in [0.2, 0.25) is 0 Å². The van der Waals surface area contributed by atoms with Crippen molar-refractivity contribution in [2.24, 2.45) is 23.2 Å². The quantitative estimate of drug-likeness (QED) is 0.858. The third kappa shape index (κ3) is 2.66. The van der Waals surface area contributed by atoms with Crippen molar-refractivity contribution in [1.29, 1.82) is 0 Å². The lowest BCUT2D eigenvalue weighted by Crippen LogP contribution is -2.51. The fourth-order valence-corrected chi connectivity index (χ4v) is 5.38. The molecule has 112 valence electrons. The van der Waals surface area contributed by atoms with E-state index in [1.807, 2.05) is 12.1 Å². The third-order valence-electron chi connectivity index (χ3n) is 5.74. The van der Waals surface area contributed by atoms with Gasteiger partial charge in [-0.05, 0) is 79.9 Å². The van der Waals surface area contributed by atoms with Crippen LogP contribution < -0.4 is 5.32 Å². The third-order valence-corrected chi connectivity index (χ3v) is 5.74. The summed E-state index contributed by atoms with van der Waals surface area (Å²) in [7, 11) is 0. The van der Waals surface area contributed by atoms with Gasteiger partial charge >= 0.3 is 0 Å². The van der Waals surface area contributed by atoms with Gasteiger partial charge in [0.05, 0.1) is 6.26 Å². The van der Waals surface area contributed by atoms with Crippen molar-refractivity contribution in [3.8, 4) is 0 Å². The number of furan rings is 1. The molecule has 0 atom stereocenters. The van der Waals surface area contributed by atoms with Gasteiger partial charge in [-0.15, -0.1) is 0 Å². The van der Waals surface area contributed by atoms with E-state index in [-0.39, 0.29) is 5.91 Å². The maximum atomic E-state index is 12.0. The van der Waals surface area contributed by atoms with Crippen LogP contribution in [0.25, 0.3) is 6.08 Å². The second-order valence-corrected chi connectivity index (χ2v) is 7.48. The van der Waals surface area contributed by atoms with E-state index in [1.165, 1.54) is 38.5 Å². The molecule has 0 saturated heterocycles. The topological polar surface area (TPSA) is 42.2 Å². The Kier molecular flexibility index (Phi) is 3.16. The highest BCUT2D eigenvalue weighted by atomic mass is 16.3. The SMILES string of the molecule is O=C(C=Cc1ccco1)NCC12CC3CC(CC(C3)C1)C2. The van der Waals surface area contributed by atoms with E-state index in [9.17, 15) is 4.79 Å². The van der Waals surface area contributed by atoms with Gasteiger partial charge in [-0.3, -0.25) is 4.79 Å². The Bertz CT molecular complexity index is 508. The Hall–Kier alpha value is -1.51. The molecule has 4 bridgehead atoms. The molecule has 4 aliphatic rings. The molecule has 0 unspecified atom stereocenters. The second-order valence-electron chi connectivity index (χ2n) is 7.48.